The molecular formula is C32H34F3N5O5S. The van der Waals surface area contributed by atoms with Gasteiger partial charge < -0.3 is 19.7 Å². The van der Waals surface area contributed by atoms with Crippen LogP contribution in [0.25, 0.3) is 32.6 Å². The predicted octanol–water partition coefficient (Wildman–Crippen LogP) is 6.64. The lowest BCUT2D eigenvalue weighted by atomic mass is 9.83. The van der Waals surface area contributed by atoms with Gasteiger partial charge in [0.2, 0.25) is 5.43 Å². The SMILES string of the molecule is CCNC(=O)Nc1cc(-c2nc(C(F)(F)F)cs2)c(-c2ccc3c(c2)c(=O)c(C(=O)OCC)cn3[C@H](CO)C2CCCCC2)cn1. The highest BCUT2D eigenvalue weighted by atomic mass is 32.1. The molecule has 5 rings (SSSR count). The molecule has 4 aromatic rings. The van der Waals surface area contributed by atoms with Crippen LogP contribution < -0.4 is 16.1 Å². The maximum Gasteiger partial charge on any atom is 0.434 e. The van der Waals surface area contributed by atoms with Crippen LogP contribution in [0.5, 0.6) is 0 Å². The normalized spacial score (nSPS) is 14.7. The summed E-state index contributed by atoms with van der Waals surface area (Å²) in [7, 11) is 0. The smallest absolute Gasteiger partial charge is 0.434 e. The van der Waals surface area contributed by atoms with E-state index in [0.717, 1.165) is 48.8 Å². The first kappa shape index (κ1) is 33.1. The molecule has 3 aromatic heterocycles. The minimum absolute atomic E-state index is 0.0269. The number of thiazole rings is 1. The number of pyridine rings is 2. The second-order valence-electron chi connectivity index (χ2n) is 11.0. The predicted molar refractivity (Wildman–Crippen MR) is 169 cm³/mol. The van der Waals surface area contributed by atoms with E-state index >= 15 is 0 Å². The van der Waals surface area contributed by atoms with Gasteiger partial charge in [0.25, 0.3) is 0 Å². The van der Waals surface area contributed by atoms with Crippen LogP contribution in [0.4, 0.5) is 23.8 Å². The summed E-state index contributed by atoms with van der Waals surface area (Å²) >= 11 is 0.778. The number of fused-ring (bicyclic) bond motifs is 1. The Morgan fingerprint density at radius 3 is 2.57 bits per heavy atom. The van der Waals surface area contributed by atoms with Crippen molar-refractivity contribution < 1.29 is 32.6 Å². The molecule has 1 aliphatic carbocycles. The number of ether oxygens (including phenoxy) is 1. The highest BCUT2D eigenvalue weighted by Gasteiger charge is 2.34. The third-order valence-electron chi connectivity index (χ3n) is 8.08. The number of urea groups is 1. The summed E-state index contributed by atoms with van der Waals surface area (Å²) in [5.74, 6) is -0.577. The minimum Gasteiger partial charge on any atom is -0.462 e. The van der Waals surface area contributed by atoms with E-state index < -0.39 is 35.3 Å². The van der Waals surface area contributed by atoms with Crippen LogP contribution in [0, 0.1) is 5.92 Å². The fourth-order valence-corrected chi connectivity index (χ4v) is 6.77. The number of nitrogens with one attached hydrogen (secondary N) is 2. The number of aromatic nitrogens is 3. The van der Waals surface area contributed by atoms with Crippen molar-refractivity contribution in [1.29, 1.82) is 0 Å². The molecule has 0 saturated heterocycles. The molecule has 3 N–H and O–H groups in total. The van der Waals surface area contributed by atoms with E-state index in [0.29, 0.717) is 23.2 Å². The Morgan fingerprint density at radius 2 is 1.91 bits per heavy atom. The molecule has 10 nitrogen and oxygen atoms in total. The maximum absolute atomic E-state index is 13.8. The molecule has 0 spiro atoms. The Balaban J connectivity index is 1.70. The Hall–Kier alpha value is -4.30. The summed E-state index contributed by atoms with van der Waals surface area (Å²) in [4.78, 5) is 47.0. The lowest BCUT2D eigenvalue weighted by molar-refractivity contribution is -0.140. The number of hydrogen-bond donors (Lipinski definition) is 3. The number of anilines is 1. The van der Waals surface area contributed by atoms with Gasteiger partial charge in [-0.2, -0.15) is 13.2 Å². The Morgan fingerprint density at radius 1 is 1.15 bits per heavy atom. The molecule has 1 aromatic carbocycles. The number of nitrogens with zero attached hydrogens (tertiary/aromatic N) is 3. The molecule has 1 fully saturated rings. The number of amides is 2. The molecule has 14 heteroatoms. The number of alkyl halides is 3. The average Bonchev–Trinajstić information content (AvgIpc) is 3.54. The number of rotatable bonds is 9. The van der Waals surface area contributed by atoms with Crippen molar-refractivity contribution in [2.24, 2.45) is 5.92 Å². The lowest BCUT2D eigenvalue weighted by Gasteiger charge is -2.32. The van der Waals surface area contributed by atoms with E-state index in [1.165, 1.54) is 18.5 Å². The number of aliphatic hydroxyl groups excluding tert-OH is 1. The number of hydrogen-bond acceptors (Lipinski definition) is 8. The van der Waals surface area contributed by atoms with Crippen molar-refractivity contribution >= 4 is 40.1 Å². The number of aliphatic hydroxyl groups is 1. The van der Waals surface area contributed by atoms with Crippen molar-refractivity contribution in [2.75, 3.05) is 25.1 Å². The zero-order valence-electron chi connectivity index (χ0n) is 25.3. The molecule has 244 valence electrons. The van der Waals surface area contributed by atoms with E-state index in [-0.39, 0.29) is 46.5 Å². The van der Waals surface area contributed by atoms with Gasteiger partial charge in [-0.05, 0) is 56.4 Å². The van der Waals surface area contributed by atoms with Crippen molar-refractivity contribution in [2.45, 2.75) is 58.2 Å². The number of benzene rings is 1. The summed E-state index contributed by atoms with van der Waals surface area (Å²) in [6, 6.07) is 5.44. The zero-order valence-corrected chi connectivity index (χ0v) is 26.1. The Bertz CT molecular complexity index is 1800. The van der Waals surface area contributed by atoms with Gasteiger partial charge in [0.1, 0.15) is 16.4 Å². The van der Waals surface area contributed by atoms with Crippen LogP contribution in [0.1, 0.15) is 68.0 Å². The van der Waals surface area contributed by atoms with Crippen molar-refractivity contribution in [3.63, 3.8) is 0 Å². The van der Waals surface area contributed by atoms with Crippen LogP contribution in [0.3, 0.4) is 0 Å². The Labute approximate surface area is 266 Å². The van der Waals surface area contributed by atoms with Crippen LogP contribution >= 0.6 is 11.3 Å². The van der Waals surface area contributed by atoms with Gasteiger partial charge in [-0.3, -0.25) is 10.1 Å². The van der Waals surface area contributed by atoms with Crippen LogP contribution in [-0.4, -0.2) is 51.4 Å². The first-order chi connectivity index (χ1) is 22.0. The van der Waals surface area contributed by atoms with Gasteiger partial charge in [0.15, 0.2) is 5.69 Å². The van der Waals surface area contributed by atoms with Gasteiger partial charge in [-0.1, -0.05) is 25.3 Å². The van der Waals surface area contributed by atoms with Crippen molar-refractivity contribution in [3.8, 4) is 21.7 Å². The molecule has 1 atom stereocenters. The van der Waals surface area contributed by atoms with Gasteiger partial charge >= 0.3 is 18.2 Å². The molecular weight excluding hydrogens is 623 g/mol. The first-order valence-corrected chi connectivity index (χ1v) is 16.0. The fraction of sp³-hybridized carbons (Fsp3) is 0.406. The molecule has 0 bridgehead atoms. The van der Waals surface area contributed by atoms with Gasteiger partial charge in [-0.15, -0.1) is 11.3 Å². The highest BCUT2D eigenvalue weighted by Crippen LogP contribution is 2.40. The van der Waals surface area contributed by atoms with Gasteiger partial charge in [0, 0.05) is 40.8 Å². The molecule has 0 radical (unpaired) electrons. The largest absolute Gasteiger partial charge is 0.462 e. The second-order valence-corrected chi connectivity index (χ2v) is 11.9. The van der Waals surface area contributed by atoms with Crippen LogP contribution in [0.15, 0.2) is 46.8 Å². The molecule has 0 unspecified atom stereocenters. The topological polar surface area (TPSA) is 135 Å². The first-order valence-electron chi connectivity index (χ1n) is 15.1. The number of carbonyl (C=O) groups is 2. The van der Waals surface area contributed by atoms with E-state index in [1.54, 1.807) is 36.6 Å². The van der Waals surface area contributed by atoms with Crippen LogP contribution in [-0.2, 0) is 10.9 Å². The van der Waals surface area contributed by atoms with Gasteiger partial charge in [-0.25, -0.2) is 19.6 Å². The Kier molecular flexibility index (Phi) is 10.1. The molecule has 1 aliphatic rings. The average molecular weight is 658 g/mol. The van der Waals surface area contributed by atoms with E-state index in [9.17, 15) is 32.7 Å². The van der Waals surface area contributed by atoms with Crippen LogP contribution in [0.2, 0.25) is 0 Å². The van der Waals surface area contributed by atoms with Crippen molar-refractivity contribution in [3.05, 3.63) is 63.5 Å². The quantitative estimate of drug-likeness (QED) is 0.172. The fourth-order valence-electron chi connectivity index (χ4n) is 5.91. The molecule has 1 saturated carbocycles. The summed E-state index contributed by atoms with van der Waals surface area (Å²) in [5.41, 5.74) is -0.314. The molecule has 3 heterocycles. The molecule has 46 heavy (non-hydrogen) atoms. The molecule has 0 aliphatic heterocycles. The van der Waals surface area contributed by atoms with E-state index in [1.807, 2.05) is 0 Å². The van der Waals surface area contributed by atoms with E-state index in [2.05, 4.69) is 20.6 Å². The standard InChI is InChI=1S/C32H34F3N5O5S/c1-3-36-31(44)39-27-13-20(29-38-26(17-46-29)32(33,34)35)22(14-37-27)19-10-11-24-21(12-19)28(42)23(30(43)45-4-2)15-40(24)25(16-41)18-8-6-5-7-9-18/h10-15,17-18,25,41H,3-9,16H2,1-2H3,(H2,36,37,39,44)/t25-/m1/s1. The minimum atomic E-state index is -4.66. The summed E-state index contributed by atoms with van der Waals surface area (Å²) < 4.78 is 47.4. The number of esters is 1. The highest BCUT2D eigenvalue weighted by molar-refractivity contribution is 7.13. The molecule has 2 amide bonds. The monoisotopic (exact) mass is 657 g/mol. The second kappa shape index (κ2) is 14.0. The summed E-state index contributed by atoms with van der Waals surface area (Å²) in [6.45, 7) is 3.57. The zero-order chi connectivity index (χ0) is 33.0. The van der Waals surface area contributed by atoms with Gasteiger partial charge in [0.05, 0.1) is 24.8 Å². The summed E-state index contributed by atoms with van der Waals surface area (Å²) in [6.07, 6.45) is 3.11. The third-order valence-corrected chi connectivity index (χ3v) is 8.96. The lowest BCUT2D eigenvalue weighted by Crippen LogP contribution is -2.29. The van der Waals surface area contributed by atoms with Crippen molar-refractivity contribution in [1.82, 2.24) is 19.9 Å². The number of carbonyl (C=O) groups excluding carboxylic acids is 2. The third kappa shape index (κ3) is 6.92. The number of halogens is 3. The maximum atomic E-state index is 13.8. The van der Waals surface area contributed by atoms with E-state index in [4.69, 9.17) is 4.74 Å². The summed E-state index contributed by atoms with van der Waals surface area (Å²) in [5, 5.41) is 16.8.